The zero-order valence-electron chi connectivity index (χ0n) is 17.2. The Morgan fingerprint density at radius 3 is 2.00 bits per heavy atom. The molecule has 9 nitrogen and oxygen atoms in total. The molecule has 0 aliphatic rings. The van der Waals surface area contributed by atoms with Crippen molar-refractivity contribution in [3.05, 3.63) is 71.5 Å². The third-order valence-electron chi connectivity index (χ3n) is 4.29. The number of aromatic nitrogens is 1. The number of urea groups is 1. The fourth-order valence-corrected chi connectivity index (χ4v) is 2.67. The van der Waals surface area contributed by atoms with Crippen LogP contribution in [0, 0.1) is 0 Å². The van der Waals surface area contributed by atoms with Crippen molar-refractivity contribution >= 4 is 35.1 Å². The van der Waals surface area contributed by atoms with Gasteiger partial charge < -0.3 is 20.3 Å². The zero-order valence-corrected chi connectivity index (χ0v) is 17.2. The predicted molar refractivity (Wildman–Crippen MR) is 116 cm³/mol. The summed E-state index contributed by atoms with van der Waals surface area (Å²) in [5.74, 6) is -0.786. The lowest BCUT2D eigenvalue weighted by Crippen LogP contribution is -2.19. The van der Waals surface area contributed by atoms with E-state index in [1.54, 1.807) is 42.5 Å². The number of nitrogens with one attached hydrogen (secondary N) is 3. The number of rotatable bonds is 5. The highest BCUT2D eigenvalue weighted by molar-refractivity contribution is 6.10. The maximum absolute atomic E-state index is 12.4. The largest absolute Gasteiger partial charge is 0.478 e. The number of benzene rings is 2. The van der Waals surface area contributed by atoms with E-state index in [2.05, 4.69) is 21.1 Å². The van der Waals surface area contributed by atoms with E-state index in [9.17, 15) is 19.5 Å². The van der Waals surface area contributed by atoms with E-state index >= 15 is 0 Å². The van der Waals surface area contributed by atoms with E-state index in [1.807, 2.05) is 20.8 Å². The van der Waals surface area contributed by atoms with Gasteiger partial charge in [-0.1, -0.05) is 38.1 Å². The van der Waals surface area contributed by atoms with Crippen molar-refractivity contribution in [3.8, 4) is 0 Å². The normalized spacial score (nSPS) is 10.9. The van der Waals surface area contributed by atoms with Gasteiger partial charge in [0.15, 0.2) is 5.82 Å². The first-order valence-electron chi connectivity index (χ1n) is 9.42. The van der Waals surface area contributed by atoms with Gasteiger partial charge in [0.25, 0.3) is 5.91 Å². The Morgan fingerprint density at radius 2 is 1.45 bits per heavy atom. The van der Waals surface area contributed by atoms with E-state index in [0.717, 1.165) is 0 Å². The van der Waals surface area contributed by atoms with Crippen molar-refractivity contribution in [3.63, 3.8) is 0 Å². The summed E-state index contributed by atoms with van der Waals surface area (Å²) in [7, 11) is 0. The number of anilines is 3. The van der Waals surface area contributed by atoms with Crippen LogP contribution < -0.4 is 16.0 Å². The van der Waals surface area contributed by atoms with Gasteiger partial charge in [0, 0.05) is 22.9 Å². The van der Waals surface area contributed by atoms with Crippen LogP contribution in [0.5, 0.6) is 0 Å². The predicted octanol–water partition coefficient (Wildman–Crippen LogP) is 4.57. The first-order valence-corrected chi connectivity index (χ1v) is 9.42. The second kappa shape index (κ2) is 8.70. The van der Waals surface area contributed by atoms with E-state index in [-0.39, 0.29) is 16.5 Å². The van der Waals surface area contributed by atoms with Gasteiger partial charge in [-0.05, 0) is 36.4 Å². The highest BCUT2D eigenvalue weighted by Gasteiger charge is 2.20. The van der Waals surface area contributed by atoms with Crippen molar-refractivity contribution in [1.29, 1.82) is 0 Å². The summed E-state index contributed by atoms with van der Waals surface area (Å²) in [6.07, 6.45) is 0. The van der Waals surface area contributed by atoms with Crippen molar-refractivity contribution < 1.29 is 24.0 Å². The highest BCUT2D eigenvalue weighted by atomic mass is 16.5. The molecule has 1 aromatic heterocycles. The van der Waals surface area contributed by atoms with Crippen molar-refractivity contribution in [2.45, 2.75) is 26.2 Å². The van der Waals surface area contributed by atoms with Gasteiger partial charge in [0.05, 0.1) is 11.1 Å². The molecule has 0 bridgehead atoms. The molecule has 0 unspecified atom stereocenters. The highest BCUT2D eigenvalue weighted by Crippen LogP contribution is 2.24. The molecule has 31 heavy (non-hydrogen) atoms. The Bertz CT molecular complexity index is 1110. The first kappa shape index (κ1) is 21.6. The summed E-state index contributed by atoms with van der Waals surface area (Å²) in [5.41, 5.74) is 0.675. The molecule has 0 atom stereocenters. The van der Waals surface area contributed by atoms with Gasteiger partial charge in [0.2, 0.25) is 0 Å². The number of carbonyl (C=O) groups excluding carboxylic acids is 2. The maximum Gasteiger partial charge on any atom is 0.336 e. The fourth-order valence-electron chi connectivity index (χ4n) is 2.67. The van der Waals surface area contributed by atoms with Gasteiger partial charge >= 0.3 is 12.0 Å². The van der Waals surface area contributed by atoms with Gasteiger partial charge in [-0.2, -0.15) is 0 Å². The molecule has 9 heteroatoms. The average molecular weight is 422 g/mol. The van der Waals surface area contributed by atoms with E-state index in [1.165, 1.54) is 12.1 Å². The first-order chi connectivity index (χ1) is 14.6. The van der Waals surface area contributed by atoms with Crippen LogP contribution in [-0.4, -0.2) is 28.2 Å². The number of nitrogens with zero attached hydrogens (tertiary/aromatic N) is 1. The van der Waals surface area contributed by atoms with Gasteiger partial charge in [-0.15, -0.1) is 0 Å². The van der Waals surface area contributed by atoms with Crippen LogP contribution in [0.4, 0.5) is 22.0 Å². The molecule has 3 aromatic rings. The van der Waals surface area contributed by atoms with Crippen LogP contribution in [-0.2, 0) is 5.41 Å². The van der Waals surface area contributed by atoms with Gasteiger partial charge in [-0.3, -0.25) is 10.1 Å². The summed E-state index contributed by atoms with van der Waals surface area (Å²) < 4.78 is 5.22. The number of hydrogen-bond acceptors (Lipinski definition) is 5. The van der Waals surface area contributed by atoms with Crippen LogP contribution in [0.2, 0.25) is 0 Å². The molecule has 0 aliphatic heterocycles. The van der Waals surface area contributed by atoms with Crippen molar-refractivity contribution in [1.82, 2.24) is 5.16 Å². The summed E-state index contributed by atoms with van der Waals surface area (Å²) in [6, 6.07) is 13.5. The molecule has 0 radical (unpaired) electrons. The molecular formula is C22H22N4O5. The van der Waals surface area contributed by atoms with Crippen LogP contribution >= 0.6 is 0 Å². The van der Waals surface area contributed by atoms with Crippen molar-refractivity contribution in [2.24, 2.45) is 0 Å². The average Bonchev–Trinajstić information content (AvgIpc) is 3.18. The third kappa shape index (κ3) is 5.47. The van der Waals surface area contributed by atoms with Crippen LogP contribution in [0.15, 0.2) is 59.1 Å². The minimum atomic E-state index is -1.18. The second-order valence-corrected chi connectivity index (χ2v) is 7.79. The Hall–Kier alpha value is -4.14. The lowest BCUT2D eigenvalue weighted by atomic mass is 9.93. The van der Waals surface area contributed by atoms with E-state index < -0.39 is 17.9 Å². The molecule has 160 valence electrons. The second-order valence-electron chi connectivity index (χ2n) is 7.79. The molecule has 3 rings (SSSR count). The molecule has 1 heterocycles. The number of carboxylic acids is 1. The Balaban J connectivity index is 1.60. The summed E-state index contributed by atoms with van der Waals surface area (Å²) in [4.78, 5) is 35.8. The standard InChI is InChI=1S/C22H22N4O5/c1-22(2,3)17-12-18(26-31-17)25-21(30)24-14-10-8-13(9-11-14)23-19(27)15-6-4-5-7-16(15)20(28)29/h4-12H,1-3H3,(H,23,27)(H,28,29)(H2,24,25,26,30). The van der Waals surface area contributed by atoms with E-state index in [4.69, 9.17) is 4.52 Å². The smallest absolute Gasteiger partial charge is 0.336 e. The molecule has 0 saturated heterocycles. The minimum absolute atomic E-state index is 0.0545. The van der Waals surface area contributed by atoms with Gasteiger partial charge in [-0.25, -0.2) is 9.59 Å². The number of aromatic carboxylic acids is 1. The van der Waals surface area contributed by atoms with Crippen LogP contribution in [0.3, 0.4) is 0 Å². The molecule has 2 aromatic carbocycles. The lowest BCUT2D eigenvalue weighted by Gasteiger charge is -2.12. The quantitative estimate of drug-likeness (QED) is 0.476. The minimum Gasteiger partial charge on any atom is -0.478 e. The maximum atomic E-state index is 12.4. The number of carbonyl (C=O) groups is 3. The summed E-state index contributed by atoms with van der Waals surface area (Å²) in [5, 5.41) is 20.9. The Labute approximate surface area is 178 Å². The van der Waals surface area contributed by atoms with Crippen molar-refractivity contribution in [2.75, 3.05) is 16.0 Å². The van der Waals surface area contributed by atoms with Crippen LogP contribution in [0.1, 0.15) is 47.2 Å². The summed E-state index contributed by atoms with van der Waals surface area (Å²) >= 11 is 0. The summed E-state index contributed by atoms with van der Waals surface area (Å²) in [6.45, 7) is 5.91. The Morgan fingerprint density at radius 1 is 0.871 bits per heavy atom. The Kier molecular flexibility index (Phi) is 6.05. The zero-order chi connectivity index (χ0) is 22.6. The molecule has 4 N–H and O–H groups in total. The molecular weight excluding hydrogens is 400 g/mol. The molecule has 0 aliphatic carbocycles. The SMILES string of the molecule is CC(C)(C)c1cc(NC(=O)Nc2ccc(NC(=O)c3ccccc3C(=O)O)cc2)no1. The molecule has 0 saturated carbocycles. The third-order valence-corrected chi connectivity index (χ3v) is 4.29. The number of carboxylic acid groups (broad SMARTS) is 1. The van der Waals surface area contributed by atoms with Crippen LogP contribution in [0.25, 0.3) is 0 Å². The van der Waals surface area contributed by atoms with E-state index in [0.29, 0.717) is 23.0 Å². The molecule has 0 fully saturated rings. The lowest BCUT2D eigenvalue weighted by molar-refractivity contribution is 0.0692. The topological polar surface area (TPSA) is 134 Å². The molecule has 0 spiro atoms. The number of hydrogen-bond donors (Lipinski definition) is 4. The monoisotopic (exact) mass is 422 g/mol. The number of amides is 3. The fraction of sp³-hybridized carbons (Fsp3) is 0.182. The van der Waals surface area contributed by atoms with Gasteiger partial charge in [0.1, 0.15) is 5.76 Å². The molecule has 3 amide bonds.